The van der Waals surface area contributed by atoms with E-state index in [0.717, 1.165) is 16.7 Å². The Bertz CT molecular complexity index is 2200. The summed E-state index contributed by atoms with van der Waals surface area (Å²) in [5, 5.41) is 29.7. The average molecular weight is 779 g/mol. The molecule has 0 radical (unpaired) electrons. The number of amides is 4. The van der Waals surface area contributed by atoms with E-state index in [9.17, 15) is 24.0 Å². The lowest BCUT2D eigenvalue weighted by Crippen LogP contribution is -2.46. The number of aromatic amines is 1. The summed E-state index contributed by atoms with van der Waals surface area (Å²) >= 11 is 0. The molecule has 2 saturated heterocycles. The highest BCUT2D eigenvalue weighted by Crippen LogP contribution is 2.25. The summed E-state index contributed by atoms with van der Waals surface area (Å²) in [7, 11) is 0. The molecule has 4 N–H and O–H groups in total. The molecule has 57 heavy (non-hydrogen) atoms. The van der Waals surface area contributed by atoms with Crippen molar-refractivity contribution < 1.29 is 42.9 Å². The van der Waals surface area contributed by atoms with Gasteiger partial charge in [0.1, 0.15) is 29.3 Å². The number of benzene rings is 2. The summed E-state index contributed by atoms with van der Waals surface area (Å²) < 4.78 is 16.8. The first-order valence-corrected chi connectivity index (χ1v) is 18.6. The van der Waals surface area contributed by atoms with Crippen LogP contribution in [-0.4, -0.2) is 96.3 Å². The third kappa shape index (κ3) is 9.61. The summed E-state index contributed by atoms with van der Waals surface area (Å²) in [6, 6.07) is 15.8. The maximum atomic E-state index is 13.4. The van der Waals surface area contributed by atoms with E-state index in [4.69, 9.17) is 18.9 Å². The third-order valence-corrected chi connectivity index (χ3v) is 10.1. The minimum Gasteiger partial charge on any atom is -0.478 e. The van der Waals surface area contributed by atoms with Gasteiger partial charge in [0.2, 0.25) is 23.6 Å². The van der Waals surface area contributed by atoms with E-state index in [1.807, 2.05) is 30.5 Å². The van der Waals surface area contributed by atoms with Crippen molar-refractivity contribution in [3.8, 4) is 11.1 Å². The Labute approximate surface area is 326 Å². The Balaban J connectivity index is 0.909. The first-order valence-electron chi connectivity index (χ1n) is 18.6. The van der Waals surface area contributed by atoms with E-state index in [1.54, 1.807) is 42.3 Å². The van der Waals surface area contributed by atoms with Gasteiger partial charge in [-0.05, 0) is 48.6 Å². The van der Waals surface area contributed by atoms with Gasteiger partial charge in [-0.3, -0.25) is 24.3 Å². The molecule has 5 aromatic rings. The monoisotopic (exact) mass is 778 g/mol. The van der Waals surface area contributed by atoms with Crippen molar-refractivity contribution in [3.05, 3.63) is 113 Å². The Morgan fingerprint density at radius 3 is 2.14 bits per heavy atom. The molecule has 296 valence electrons. The first-order chi connectivity index (χ1) is 27.6. The second-order valence-electron chi connectivity index (χ2n) is 14.2. The SMILES string of the molecule is Cc1cc(CC(=O)N2CC(OCc3cc(CC(=O)N4CCCC4C(=O)NCc4ccc(-c5cn[nH]c5)cc4)on3)CC2C(=O)NCc2ccc(C(=O)O)cc2)on1. The molecule has 5 heterocycles. The Morgan fingerprint density at radius 1 is 0.842 bits per heavy atom. The molecule has 17 nitrogen and oxygen atoms in total. The number of hydrogen-bond donors (Lipinski definition) is 4. The number of hydrogen-bond acceptors (Lipinski definition) is 11. The van der Waals surface area contributed by atoms with Crippen LogP contribution in [0.2, 0.25) is 0 Å². The number of carbonyl (C=O) groups is 5. The van der Waals surface area contributed by atoms with Crippen molar-refractivity contribution in [2.75, 3.05) is 13.1 Å². The molecule has 3 atom stereocenters. The van der Waals surface area contributed by atoms with Gasteiger partial charge in [-0.2, -0.15) is 5.10 Å². The van der Waals surface area contributed by atoms with Crippen LogP contribution in [0, 0.1) is 6.92 Å². The number of aromatic nitrogens is 4. The first kappa shape index (κ1) is 38.6. The summed E-state index contributed by atoms with van der Waals surface area (Å²) in [4.78, 5) is 67.6. The largest absolute Gasteiger partial charge is 0.478 e. The number of nitrogens with one attached hydrogen (secondary N) is 3. The average Bonchev–Trinajstić information content (AvgIpc) is 4.07. The van der Waals surface area contributed by atoms with E-state index in [1.165, 1.54) is 17.0 Å². The van der Waals surface area contributed by atoms with Gasteiger partial charge in [0.25, 0.3) is 0 Å². The lowest BCUT2D eigenvalue weighted by molar-refractivity contribution is -0.138. The zero-order chi connectivity index (χ0) is 39.9. The molecule has 2 aliphatic heterocycles. The van der Waals surface area contributed by atoms with Crippen LogP contribution < -0.4 is 10.6 Å². The fraction of sp³-hybridized carbons (Fsp3) is 0.350. The second kappa shape index (κ2) is 17.5. The van der Waals surface area contributed by atoms with Gasteiger partial charge in [-0.25, -0.2) is 4.79 Å². The van der Waals surface area contributed by atoms with Crippen molar-refractivity contribution in [2.45, 2.75) is 76.9 Å². The van der Waals surface area contributed by atoms with Gasteiger partial charge in [-0.15, -0.1) is 0 Å². The highest BCUT2D eigenvalue weighted by Gasteiger charge is 2.40. The molecule has 2 fully saturated rings. The summed E-state index contributed by atoms with van der Waals surface area (Å²) in [6.07, 6.45) is 4.34. The van der Waals surface area contributed by atoms with Crippen LogP contribution >= 0.6 is 0 Å². The number of aryl methyl sites for hydroxylation is 1. The van der Waals surface area contributed by atoms with E-state index in [-0.39, 0.29) is 68.2 Å². The molecular weight excluding hydrogens is 736 g/mol. The molecule has 4 amide bonds. The molecule has 2 aromatic carbocycles. The van der Waals surface area contributed by atoms with Crippen molar-refractivity contribution in [1.82, 2.24) is 40.9 Å². The fourth-order valence-electron chi connectivity index (χ4n) is 7.09. The topological polar surface area (TPSA) is 226 Å². The molecule has 7 rings (SSSR count). The van der Waals surface area contributed by atoms with Gasteiger partial charge < -0.3 is 39.3 Å². The van der Waals surface area contributed by atoms with Crippen molar-refractivity contribution in [3.63, 3.8) is 0 Å². The predicted molar refractivity (Wildman–Crippen MR) is 200 cm³/mol. The van der Waals surface area contributed by atoms with Crippen LogP contribution in [0.4, 0.5) is 0 Å². The number of aromatic carboxylic acids is 1. The van der Waals surface area contributed by atoms with Gasteiger partial charge >= 0.3 is 5.97 Å². The number of ether oxygens (including phenoxy) is 1. The van der Waals surface area contributed by atoms with Gasteiger partial charge in [-0.1, -0.05) is 46.7 Å². The number of carboxylic acids is 1. The van der Waals surface area contributed by atoms with Gasteiger partial charge in [0.05, 0.1) is 43.0 Å². The highest BCUT2D eigenvalue weighted by molar-refractivity contribution is 5.90. The third-order valence-electron chi connectivity index (χ3n) is 10.1. The standard InChI is InChI=1S/C40H42N8O9/c1-24-13-31(56-45-24)16-37(50)48-22-33(15-35(48)39(52)42-19-26-6-10-28(11-7-26)40(53)54)55-23-30-14-32(57-46-30)17-36(49)47-12-2-3-34(47)38(51)41-18-25-4-8-27(9-5-25)29-20-43-44-21-29/h4-11,13-14,20-21,33-35H,2-3,12,15-19,22-23H2,1H3,(H,41,51)(H,42,52)(H,43,44)(H,53,54). The predicted octanol–water partition coefficient (Wildman–Crippen LogP) is 2.95. The van der Waals surface area contributed by atoms with Gasteiger partial charge in [0, 0.05) is 56.5 Å². The Hall–Kier alpha value is -6.62. The fourth-order valence-corrected chi connectivity index (χ4v) is 7.09. The minimum absolute atomic E-state index is 0.00769. The lowest BCUT2D eigenvalue weighted by Gasteiger charge is -2.23. The van der Waals surface area contributed by atoms with Crippen molar-refractivity contribution >= 4 is 29.6 Å². The number of carbonyl (C=O) groups excluding carboxylic acids is 4. The van der Waals surface area contributed by atoms with E-state index in [0.29, 0.717) is 54.4 Å². The molecule has 3 aromatic heterocycles. The van der Waals surface area contributed by atoms with E-state index in [2.05, 4.69) is 31.1 Å². The smallest absolute Gasteiger partial charge is 0.335 e. The summed E-state index contributed by atoms with van der Waals surface area (Å²) in [5.74, 6) is -1.54. The Morgan fingerprint density at radius 2 is 1.49 bits per heavy atom. The number of H-pyrrole nitrogens is 1. The zero-order valence-electron chi connectivity index (χ0n) is 31.2. The van der Waals surface area contributed by atoms with Crippen LogP contribution in [0.25, 0.3) is 11.1 Å². The van der Waals surface area contributed by atoms with E-state index >= 15 is 0 Å². The van der Waals surface area contributed by atoms with Crippen LogP contribution in [-0.2, 0) is 56.5 Å². The van der Waals surface area contributed by atoms with Crippen molar-refractivity contribution in [2.24, 2.45) is 0 Å². The number of likely N-dealkylation sites (tertiary alicyclic amines) is 2. The number of nitrogens with zero attached hydrogens (tertiary/aromatic N) is 5. The number of rotatable bonds is 15. The Kier molecular flexibility index (Phi) is 11.8. The zero-order valence-corrected chi connectivity index (χ0v) is 31.2. The molecule has 0 bridgehead atoms. The van der Waals surface area contributed by atoms with Crippen molar-refractivity contribution in [1.29, 1.82) is 0 Å². The molecule has 17 heteroatoms. The maximum Gasteiger partial charge on any atom is 0.335 e. The van der Waals surface area contributed by atoms with Crippen LogP contribution in [0.5, 0.6) is 0 Å². The minimum atomic E-state index is -1.05. The quantitative estimate of drug-likeness (QED) is 0.120. The normalized spacial score (nSPS) is 17.8. The molecular formula is C40H42N8O9. The summed E-state index contributed by atoms with van der Waals surface area (Å²) in [6.45, 7) is 2.81. The van der Waals surface area contributed by atoms with Crippen LogP contribution in [0.15, 0.2) is 82.1 Å². The molecule has 0 saturated carbocycles. The van der Waals surface area contributed by atoms with Crippen LogP contribution in [0.1, 0.15) is 63.7 Å². The van der Waals surface area contributed by atoms with E-state index < -0.39 is 24.2 Å². The molecule has 3 unspecified atom stereocenters. The summed E-state index contributed by atoms with van der Waals surface area (Å²) in [5.41, 5.74) is 4.80. The maximum absolute atomic E-state index is 13.4. The molecule has 2 aliphatic rings. The lowest BCUT2D eigenvalue weighted by atomic mass is 10.1. The molecule has 0 aliphatic carbocycles. The van der Waals surface area contributed by atoms with Crippen LogP contribution in [0.3, 0.4) is 0 Å². The molecule has 0 spiro atoms. The second-order valence-corrected chi connectivity index (χ2v) is 14.2. The van der Waals surface area contributed by atoms with Gasteiger partial charge in [0.15, 0.2) is 0 Å². The number of carboxylic acid groups (broad SMARTS) is 1. The highest BCUT2D eigenvalue weighted by atomic mass is 16.5.